The minimum Gasteiger partial charge on any atom is -0.481 e. The SMILES string of the molecule is O=C(O)CC(NC(=O)c1ccc(Cl)c(Cl)c1)C(=O)c1ccsc1. The number of halogens is 2. The molecule has 0 spiro atoms. The molecular formula is C15H11Cl2NO4S. The summed E-state index contributed by atoms with van der Waals surface area (Å²) in [6.07, 6.45) is -0.512. The van der Waals surface area contributed by atoms with Gasteiger partial charge in [-0.1, -0.05) is 23.2 Å². The molecule has 1 amide bonds. The number of benzene rings is 1. The molecule has 1 aromatic carbocycles. The van der Waals surface area contributed by atoms with E-state index < -0.39 is 30.1 Å². The van der Waals surface area contributed by atoms with Crippen molar-refractivity contribution < 1.29 is 19.5 Å². The summed E-state index contributed by atoms with van der Waals surface area (Å²) < 4.78 is 0. The number of nitrogens with one attached hydrogen (secondary N) is 1. The molecule has 1 heterocycles. The lowest BCUT2D eigenvalue weighted by Crippen LogP contribution is -2.42. The van der Waals surface area contributed by atoms with Crippen LogP contribution in [0.4, 0.5) is 0 Å². The van der Waals surface area contributed by atoms with E-state index in [1.54, 1.807) is 16.8 Å². The summed E-state index contributed by atoms with van der Waals surface area (Å²) >= 11 is 12.9. The molecule has 0 bridgehead atoms. The number of carboxylic acids is 1. The molecule has 2 N–H and O–H groups in total. The quantitative estimate of drug-likeness (QED) is 0.761. The molecule has 5 nitrogen and oxygen atoms in total. The van der Waals surface area contributed by atoms with Crippen molar-refractivity contribution in [2.75, 3.05) is 0 Å². The lowest BCUT2D eigenvalue weighted by Gasteiger charge is -2.15. The normalized spacial score (nSPS) is 11.7. The van der Waals surface area contributed by atoms with Crippen LogP contribution >= 0.6 is 34.5 Å². The van der Waals surface area contributed by atoms with Crippen LogP contribution in [0.5, 0.6) is 0 Å². The summed E-state index contributed by atoms with van der Waals surface area (Å²) in [6.45, 7) is 0. The molecule has 23 heavy (non-hydrogen) atoms. The number of hydrogen-bond donors (Lipinski definition) is 2. The van der Waals surface area contributed by atoms with Gasteiger partial charge in [0.15, 0.2) is 5.78 Å². The molecule has 1 aromatic heterocycles. The van der Waals surface area contributed by atoms with Gasteiger partial charge in [0.25, 0.3) is 5.91 Å². The van der Waals surface area contributed by atoms with E-state index in [2.05, 4.69) is 5.32 Å². The monoisotopic (exact) mass is 371 g/mol. The van der Waals surface area contributed by atoms with E-state index in [1.165, 1.54) is 29.5 Å². The fourth-order valence-electron chi connectivity index (χ4n) is 1.87. The van der Waals surface area contributed by atoms with Crippen LogP contribution in [-0.2, 0) is 4.79 Å². The van der Waals surface area contributed by atoms with Gasteiger partial charge in [-0.2, -0.15) is 11.3 Å². The van der Waals surface area contributed by atoms with Gasteiger partial charge in [-0.15, -0.1) is 0 Å². The first-order chi connectivity index (χ1) is 10.9. The molecule has 2 aromatic rings. The summed E-state index contributed by atoms with van der Waals surface area (Å²) in [5, 5.41) is 15.2. The number of ketones is 1. The Bertz CT molecular complexity index is 746. The van der Waals surface area contributed by atoms with E-state index in [4.69, 9.17) is 28.3 Å². The van der Waals surface area contributed by atoms with Crippen LogP contribution in [0.1, 0.15) is 27.1 Å². The van der Waals surface area contributed by atoms with E-state index in [0.717, 1.165) is 0 Å². The lowest BCUT2D eigenvalue weighted by atomic mass is 10.0. The number of amides is 1. The van der Waals surface area contributed by atoms with Gasteiger partial charge in [-0.3, -0.25) is 14.4 Å². The van der Waals surface area contributed by atoms with Gasteiger partial charge < -0.3 is 10.4 Å². The topological polar surface area (TPSA) is 83.5 Å². The van der Waals surface area contributed by atoms with E-state index in [9.17, 15) is 14.4 Å². The Labute approximate surface area is 145 Å². The third kappa shape index (κ3) is 4.54. The average molecular weight is 372 g/mol. The van der Waals surface area contributed by atoms with Gasteiger partial charge in [0, 0.05) is 16.5 Å². The van der Waals surface area contributed by atoms with Crippen molar-refractivity contribution in [2.45, 2.75) is 12.5 Å². The second-order valence-corrected chi connectivity index (χ2v) is 6.22. The van der Waals surface area contributed by atoms with Crippen LogP contribution in [0.2, 0.25) is 10.0 Å². The van der Waals surface area contributed by atoms with E-state index in [0.29, 0.717) is 10.6 Å². The number of carbonyl (C=O) groups excluding carboxylic acids is 2. The highest BCUT2D eigenvalue weighted by molar-refractivity contribution is 7.08. The van der Waals surface area contributed by atoms with Gasteiger partial charge in [-0.05, 0) is 29.6 Å². The van der Waals surface area contributed by atoms with Crippen LogP contribution in [-0.4, -0.2) is 28.8 Å². The molecule has 0 saturated carbocycles. The predicted molar refractivity (Wildman–Crippen MR) is 88.6 cm³/mol. The molecule has 0 aliphatic carbocycles. The molecule has 120 valence electrons. The second-order valence-electron chi connectivity index (χ2n) is 4.63. The van der Waals surface area contributed by atoms with Crippen molar-refractivity contribution in [3.8, 4) is 0 Å². The molecule has 0 aliphatic rings. The maximum atomic E-state index is 12.3. The zero-order valence-corrected chi connectivity index (χ0v) is 13.9. The van der Waals surface area contributed by atoms with Crippen molar-refractivity contribution in [1.82, 2.24) is 5.32 Å². The minimum absolute atomic E-state index is 0.188. The maximum absolute atomic E-state index is 12.3. The fraction of sp³-hybridized carbons (Fsp3) is 0.133. The van der Waals surface area contributed by atoms with Gasteiger partial charge in [0.2, 0.25) is 0 Å². The Hall–Kier alpha value is -1.89. The Morgan fingerprint density at radius 3 is 2.43 bits per heavy atom. The highest BCUT2D eigenvalue weighted by atomic mass is 35.5. The smallest absolute Gasteiger partial charge is 0.305 e. The third-order valence-electron chi connectivity index (χ3n) is 2.99. The number of carboxylic acid groups (broad SMARTS) is 1. The van der Waals surface area contributed by atoms with E-state index in [-0.39, 0.29) is 10.6 Å². The van der Waals surface area contributed by atoms with Crippen molar-refractivity contribution in [3.05, 3.63) is 56.2 Å². The number of hydrogen-bond acceptors (Lipinski definition) is 4. The zero-order valence-electron chi connectivity index (χ0n) is 11.6. The Balaban J connectivity index is 2.19. The third-order valence-corrected chi connectivity index (χ3v) is 4.41. The first kappa shape index (κ1) is 17.5. The molecule has 1 atom stereocenters. The van der Waals surface area contributed by atoms with Gasteiger partial charge in [0.1, 0.15) is 6.04 Å². The molecular weight excluding hydrogens is 361 g/mol. The summed E-state index contributed by atoms with van der Waals surface area (Å²) in [5.41, 5.74) is 0.545. The van der Waals surface area contributed by atoms with Crippen molar-refractivity contribution in [3.63, 3.8) is 0 Å². The summed E-state index contributed by atoms with van der Waals surface area (Å²) in [4.78, 5) is 35.5. The van der Waals surface area contributed by atoms with E-state index in [1.807, 2.05) is 0 Å². The van der Waals surface area contributed by atoms with Crippen LogP contribution in [0.15, 0.2) is 35.0 Å². The largest absolute Gasteiger partial charge is 0.481 e. The van der Waals surface area contributed by atoms with Gasteiger partial charge >= 0.3 is 5.97 Å². The average Bonchev–Trinajstić information content (AvgIpc) is 3.02. The zero-order chi connectivity index (χ0) is 17.0. The summed E-state index contributed by atoms with van der Waals surface area (Å²) in [5.74, 6) is -2.24. The molecule has 0 fully saturated rings. The second kappa shape index (κ2) is 7.59. The minimum atomic E-state index is -1.19. The first-order valence-corrected chi connectivity index (χ1v) is 8.12. The van der Waals surface area contributed by atoms with Crippen LogP contribution in [0.25, 0.3) is 0 Å². The standard InChI is InChI=1S/C15H11Cl2NO4S/c16-10-2-1-8(5-11(10)17)15(22)18-12(6-13(19)20)14(21)9-3-4-23-7-9/h1-5,7,12H,6H2,(H,18,22)(H,19,20). The first-order valence-electron chi connectivity index (χ1n) is 6.42. The number of aliphatic carboxylic acids is 1. The molecule has 0 radical (unpaired) electrons. The number of carbonyl (C=O) groups is 3. The lowest BCUT2D eigenvalue weighted by molar-refractivity contribution is -0.137. The summed E-state index contributed by atoms with van der Waals surface area (Å²) in [7, 11) is 0. The summed E-state index contributed by atoms with van der Waals surface area (Å²) in [6, 6.07) is 4.66. The highest BCUT2D eigenvalue weighted by Gasteiger charge is 2.25. The molecule has 0 saturated heterocycles. The van der Waals surface area contributed by atoms with Crippen LogP contribution in [0, 0.1) is 0 Å². The fourth-order valence-corrected chi connectivity index (χ4v) is 2.81. The maximum Gasteiger partial charge on any atom is 0.305 e. The molecule has 8 heteroatoms. The Kier molecular flexibility index (Phi) is 5.76. The van der Waals surface area contributed by atoms with Crippen molar-refractivity contribution >= 4 is 52.2 Å². The number of rotatable bonds is 6. The predicted octanol–water partition coefficient (Wildman–Crippen LogP) is 3.51. The van der Waals surface area contributed by atoms with Crippen molar-refractivity contribution in [2.24, 2.45) is 0 Å². The Morgan fingerprint density at radius 1 is 1.13 bits per heavy atom. The highest BCUT2D eigenvalue weighted by Crippen LogP contribution is 2.22. The van der Waals surface area contributed by atoms with Crippen LogP contribution in [0.3, 0.4) is 0 Å². The van der Waals surface area contributed by atoms with Gasteiger partial charge in [-0.25, -0.2) is 0 Å². The molecule has 1 unspecified atom stereocenters. The van der Waals surface area contributed by atoms with E-state index >= 15 is 0 Å². The van der Waals surface area contributed by atoms with Crippen molar-refractivity contribution in [1.29, 1.82) is 0 Å². The molecule has 2 rings (SSSR count). The number of thiophene rings is 1. The van der Waals surface area contributed by atoms with Gasteiger partial charge in [0.05, 0.1) is 16.5 Å². The Morgan fingerprint density at radius 2 is 1.87 bits per heavy atom. The van der Waals surface area contributed by atoms with Crippen LogP contribution < -0.4 is 5.32 Å². The molecule has 0 aliphatic heterocycles. The number of Topliss-reactive ketones (excluding diaryl/α,β-unsaturated/α-hetero) is 1.